The normalized spacial score (nSPS) is 34.5. The average Bonchev–Trinajstić information content (AvgIpc) is 1.98. The van der Waals surface area contributed by atoms with Crippen molar-refractivity contribution in [2.45, 2.75) is 20.8 Å². The van der Waals surface area contributed by atoms with Gasteiger partial charge in [-0.25, -0.2) is 12.7 Å². The van der Waals surface area contributed by atoms with Crippen molar-refractivity contribution in [3.8, 4) is 0 Å². The van der Waals surface area contributed by atoms with Gasteiger partial charge in [-0.15, -0.1) is 6.92 Å². The molecular weight excluding hydrogens is 398 g/mol. The minimum absolute atomic E-state index is 0. The van der Waals surface area contributed by atoms with Crippen molar-refractivity contribution in [3.63, 3.8) is 0 Å². The Balaban J connectivity index is 0. The first-order valence-corrected chi connectivity index (χ1v) is 5.44. The minimum atomic E-state index is -2.78. The summed E-state index contributed by atoms with van der Waals surface area (Å²) in [6.45, 7) is 7.14. The van der Waals surface area contributed by atoms with Crippen LogP contribution in [-0.2, 0) is 53.2 Å². The molecule has 0 aromatic heterocycles. The molecule has 1 saturated heterocycles. The summed E-state index contributed by atoms with van der Waals surface area (Å²) in [4.78, 5) is 0. The second-order valence-corrected chi connectivity index (χ2v) is 4.91. The predicted molar refractivity (Wildman–Crippen MR) is 42.7 cm³/mol. The van der Waals surface area contributed by atoms with Crippen LogP contribution in [0.25, 0.3) is 0 Å². The summed E-state index contributed by atoms with van der Waals surface area (Å²) >= 11 is 0. The van der Waals surface area contributed by atoms with E-state index in [1.807, 2.05) is 13.8 Å². The Kier molecular flexibility index (Phi) is 8.84. The standard InChI is InChI=1S/C7H13O3P.V.W/c1-4-11(8)9-5-6(2)7(3)10-11;;/h5-6H,4H2,1-3H3;;/q-2;;. The van der Waals surface area contributed by atoms with Crippen molar-refractivity contribution < 1.29 is 53.2 Å². The predicted octanol–water partition coefficient (Wildman–Crippen LogP) is 2.59. The Morgan fingerprint density at radius 2 is 2.15 bits per heavy atom. The quantitative estimate of drug-likeness (QED) is 0.492. The summed E-state index contributed by atoms with van der Waals surface area (Å²) < 4.78 is 21.6. The molecule has 2 atom stereocenters. The topological polar surface area (TPSA) is 35.5 Å². The summed E-state index contributed by atoms with van der Waals surface area (Å²) in [5.74, 6) is 0.142. The van der Waals surface area contributed by atoms with Gasteiger partial charge in [0.25, 0.3) is 7.60 Å². The van der Waals surface area contributed by atoms with Gasteiger partial charge >= 0.3 is 0 Å². The van der Waals surface area contributed by atoms with Crippen LogP contribution in [0.15, 0.2) is 0 Å². The summed E-state index contributed by atoms with van der Waals surface area (Å²) in [6.07, 6.45) is 1.20. The van der Waals surface area contributed by atoms with Crippen molar-refractivity contribution in [1.29, 1.82) is 0 Å². The van der Waals surface area contributed by atoms with Crippen LogP contribution in [0.3, 0.4) is 0 Å². The molecule has 0 aromatic carbocycles. The molecule has 0 aromatic rings. The van der Waals surface area contributed by atoms with E-state index in [0.29, 0.717) is 6.16 Å². The van der Waals surface area contributed by atoms with E-state index in [0.717, 1.165) is 6.10 Å². The van der Waals surface area contributed by atoms with Crippen LogP contribution in [0.1, 0.15) is 20.8 Å². The summed E-state index contributed by atoms with van der Waals surface area (Å²) in [5, 5.41) is 0. The summed E-state index contributed by atoms with van der Waals surface area (Å²) in [6, 6.07) is 0. The SMILES string of the molecule is CCP1(=O)O[CH-]C(C)[C-](C)O1.[V].[W]. The molecule has 1 aliphatic rings. The Hall–Kier alpha value is 1.42. The van der Waals surface area contributed by atoms with Crippen LogP contribution in [0.5, 0.6) is 0 Å². The Labute approximate surface area is 106 Å². The number of hydrogen-bond donors (Lipinski definition) is 0. The third-order valence-corrected chi connectivity index (χ3v) is 3.52. The minimum Gasteiger partial charge on any atom is -0.490 e. The molecule has 77 valence electrons. The molecule has 0 bridgehead atoms. The second kappa shape index (κ2) is 6.82. The zero-order valence-corrected chi connectivity index (χ0v) is 13.1. The van der Waals surface area contributed by atoms with E-state index >= 15 is 0 Å². The van der Waals surface area contributed by atoms with Crippen LogP contribution >= 0.6 is 7.60 Å². The van der Waals surface area contributed by atoms with Crippen LogP contribution in [0.2, 0.25) is 0 Å². The zero-order chi connectivity index (χ0) is 8.48. The smallest absolute Gasteiger partial charge is 0.270 e. The first-order valence-electron chi connectivity index (χ1n) is 3.71. The van der Waals surface area contributed by atoms with Gasteiger partial charge in [0.05, 0.1) is 0 Å². The summed E-state index contributed by atoms with van der Waals surface area (Å²) in [5.41, 5.74) is 0. The van der Waals surface area contributed by atoms with Crippen molar-refractivity contribution >= 4 is 7.60 Å². The maximum Gasteiger partial charge on any atom is 0.270 e. The molecule has 13 heavy (non-hydrogen) atoms. The van der Waals surface area contributed by atoms with Gasteiger partial charge in [0, 0.05) is 45.8 Å². The fraction of sp³-hybridized carbons (Fsp3) is 0.714. The van der Waals surface area contributed by atoms with Gasteiger partial charge in [0.2, 0.25) is 0 Å². The van der Waals surface area contributed by atoms with E-state index in [1.54, 1.807) is 13.5 Å². The van der Waals surface area contributed by atoms with Gasteiger partial charge in [-0.2, -0.15) is 6.92 Å². The fourth-order valence-electron chi connectivity index (χ4n) is 0.743. The Bertz CT molecular complexity index is 191. The van der Waals surface area contributed by atoms with E-state index < -0.39 is 7.60 Å². The molecule has 0 saturated carbocycles. The molecule has 1 heterocycles. The molecule has 1 radical (unpaired) electrons. The van der Waals surface area contributed by atoms with E-state index in [9.17, 15) is 4.57 Å². The second-order valence-electron chi connectivity index (χ2n) is 2.66. The molecule has 1 rings (SSSR count). The molecule has 0 spiro atoms. The molecule has 0 N–H and O–H groups in total. The van der Waals surface area contributed by atoms with Crippen molar-refractivity contribution in [2.75, 3.05) is 6.16 Å². The fourth-order valence-corrected chi connectivity index (χ4v) is 2.04. The van der Waals surface area contributed by atoms with E-state index in [2.05, 4.69) is 0 Å². The third kappa shape index (κ3) is 4.64. The van der Waals surface area contributed by atoms with Gasteiger partial charge in [-0.3, -0.25) is 10.5 Å². The van der Waals surface area contributed by atoms with Crippen LogP contribution < -0.4 is 0 Å². The third-order valence-electron chi connectivity index (χ3n) is 1.74. The maximum atomic E-state index is 11.5. The molecular formula is C7H13O3PVW-2. The van der Waals surface area contributed by atoms with Crippen LogP contribution in [0, 0.1) is 18.6 Å². The van der Waals surface area contributed by atoms with Gasteiger partial charge in [0.15, 0.2) is 0 Å². The van der Waals surface area contributed by atoms with Crippen molar-refractivity contribution in [1.82, 2.24) is 0 Å². The van der Waals surface area contributed by atoms with E-state index in [-0.39, 0.29) is 45.5 Å². The zero-order valence-electron chi connectivity index (χ0n) is 7.89. The largest absolute Gasteiger partial charge is 0.490 e. The number of rotatable bonds is 1. The molecule has 1 aliphatic heterocycles. The maximum absolute atomic E-state index is 11.5. The molecule has 6 heteroatoms. The van der Waals surface area contributed by atoms with Gasteiger partial charge in [-0.1, -0.05) is 6.92 Å². The first-order chi connectivity index (χ1) is 5.07. The van der Waals surface area contributed by atoms with Crippen molar-refractivity contribution in [3.05, 3.63) is 12.7 Å². The Morgan fingerprint density at radius 3 is 2.54 bits per heavy atom. The van der Waals surface area contributed by atoms with E-state index in [4.69, 9.17) is 9.05 Å². The Morgan fingerprint density at radius 1 is 1.62 bits per heavy atom. The molecule has 0 amide bonds. The first kappa shape index (κ1) is 16.8. The molecule has 3 nitrogen and oxygen atoms in total. The average molecular weight is 411 g/mol. The summed E-state index contributed by atoms with van der Waals surface area (Å²) in [7, 11) is -2.78. The number of hydrogen-bond acceptors (Lipinski definition) is 3. The van der Waals surface area contributed by atoms with Gasteiger partial charge < -0.3 is 9.05 Å². The van der Waals surface area contributed by atoms with Crippen molar-refractivity contribution in [2.24, 2.45) is 5.92 Å². The molecule has 0 aliphatic carbocycles. The van der Waals surface area contributed by atoms with Crippen LogP contribution in [-0.4, -0.2) is 6.16 Å². The molecule has 2 unspecified atom stereocenters. The monoisotopic (exact) mass is 411 g/mol. The van der Waals surface area contributed by atoms with Gasteiger partial charge in [0.1, 0.15) is 0 Å². The molecule has 1 fully saturated rings. The van der Waals surface area contributed by atoms with E-state index in [1.165, 1.54) is 0 Å². The van der Waals surface area contributed by atoms with Gasteiger partial charge in [-0.05, 0) is 0 Å². The van der Waals surface area contributed by atoms with Crippen LogP contribution in [0.4, 0.5) is 0 Å².